The molecule has 0 aromatic heterocycles. The largest absolute Gasteiger partial charge is 0.329 e. The first-order chi connectivity index (χ1) is 10.2. The first-order valence-electron chi connectivity index (χ1n) is 8.42. The van der Waals surface area contributed by atoms with Gasteiger partial charge in [0.1, 0.15) is 0 Å². The Bertz CT molecular complexity index is 389. The van der Waals surface area contributed by atoms with Crippen LogP contribution in [0.25, 0.3) is 0 Å². The van der Waals surface area contributed by atoms with Crippen LogP contribution in [0.1, 0.15) is 38.7 Å². The van der Waals surface area contributed by atoms with Crippen molar-refractivity contribution in [1.29, 1.82) is 0 Å². The van der Waals surface area contributed by atoms with E-state index in [4.69, 9.17) is 5.73 Å². The summed E-state index contributed by atoms with van der Waals surface area (Å²) in [7, 11) is 0. The second-order valence-corrected chi connectivity index (χ2v) is 6.48. The summed E-state index contributed by atoms with van der Waals surface area (Å²) in [6.45, 7) is 9.86. The lowest BCUT2D eigenvalue weighted by atomic mass is 10.0. The summed E-state index contributed by atoms with van der Waals surface area (Å²) in [6, 6.07) is 12.1. The first-order valence-corrected chi connectivity index (χ1v) is 8.42. The van der Waals surface area contributed by atoms with Gasteiger partial charge in [-0.15, -0.1) is 0 Å². The van der Waals surface area contributed by atoms with Crippen molar-refractivity contribution >= 4 is 0 Å². The normalized spacial score (nSPS) is 20.3. The van der Waals surface area contributed by atoms with Gasteiger partial charge in [0, 0.05) is 38.3 Å². The van der Waals surface area contributed by atoms with Gasteiger partial charge in [-0.1, -0.05) is 36.8 Å². The van der Waals surface area contributed by atoms with E-state index in [1.165, 1.54) is 31.4 Å². The van der Waals surface area contributed by atoms with Gasteiger partial charge in [0.25, 0.3) is 0 Å². The van der Waals surface area contributed by atoms with Crippen LogP contribution in [0.4, 0.5) is 0 Å². The molecule has 118 valence electrons. The molecule has 2 rings (SSSR count). The van der Waals surface area contributed by atoms with E-state index in [1.54, 1.807) is 0 Å². The Hall–Kier alpha value is -0.900. The Labute approximate surface area is 130 Å². The molecule has 0 spiro atoms. The van der Waals surface area contributed by atoms with Gasteiger partial charge in [-0.05, 0) is 38.8 Å². The second kappa shape index (κ2) is 8.52. The van der Waals surface area contributed by atoms with Gasteiger partial charge in [-0.3, -0.25) is 9.80 Å². The van der Waals surface area contributed by atoms with Crippen LogP contribution in [-0.4, -0.2) is 48.1 Å². The number of piperidine rings is 1. The lowest BCUT2D eigenvalue weighted by molar-refractivity contribution is 0.0893. The first kappa shape index (κ1) is 16.5. The number of benzene rings is 1. The van der Waals surface area contributed by atoms with Crippen LogP contribution in [0.3, 0.4) is 0 Å². The molecular weight excluding hydrogens is 258 g/mol. The van der Waals surface area contributed by atoms with E-state index in [0.717, 1.165) is 26.2 Å². The number of rotatable bonds is 7. The standard InChI is InChI=1S/C18H31N3/c1-16(2)21(14-17-8-4-3-5-9-17)15-18-10-6-7-12-20(18)13-11-19/h3-5,8-9,16,18H,6-7,10-15,19H2,1-2H3/t18-/m0/s1. The lowest BCUT2D eigenvalue weighted by Gasteiger charge is -2.40. The predicted molar refractivity (Wildman–Crippen MR) is 90.3 cm³/mol. The van der Waals surface area contributed by atoms with Crippen molar-refractivity contribution in [2.75, 3.05) is 26.2 Å². The van der Waals surface area contributed by atoms with E-state index < -0.39 is 0 Å². The van der Waals surface area contributed by atoms with Crippen LogP contribution < -0.4 is 5.73 Å². The molecule has 1 heterocycles. The van der Waals surface area contributed by atoms with Crippen molar-refractivity contribution in [3.8, 4) is 0 Å². The minimum atomic E-state index is 0.576. The number of nitrogens with zero attached hydrogens (tertiary/aromatic N) is 2. The summed E-state index contributed by atoms with van der Waals surface area (Å²) in [5, 5.41) is 0. The third kappa shape index (κ3) is 5.10. The molecule has 1 fully saturated rings. The zero-order valence-corrected chi connectivity index (χ0v) is 13.7. The molecule has 1 atom stereocenters. The van der Waals surface area contributed by atoms with Crippen molar-refractivity contribution in [1.82, 2.24) is 9.80 Å². The van der Waals surface area contributed by atoms with Crippen LogP contribution >= 0.6 is 0 Å². The predicted octanol–water partition coefficient (Wildman–Crippen LogP) is 2.71. The smallest absolute Gasteiger partial charge is 0.0237 e. The van der Waals surface area contributed by atoms with Crippen molar-refractivity contribution in [3.05, 3.63) is 35.9 Å². The number of likely N-dealkylation sites (tertiary alicyclic amines) is 1. The molecular formula is C18H31N3. The Kier molecular flexibility index (Phi) is 6.68. The van der Waals surface area contributed by atoms with Crippen molar-refractivity contribution in [2.45, 2.75) is 51.7 Å². The fourth-order valence-electron chi connectivity index (χ4n) is 3.27. The third-order valence-corrected chi connectivity index (χ3v) is 4.57. The van der Waals surface area contributed by atoms with Crippen LogP contribution in [0, 0.1) is 0 Å². The monoisotopic (exact) mass is 289 g/mol. The van der Waals surface area contributed by atoms with Gasteiger partial charge in [-0.25, -0.2) is 0 Å². The average molecular weight is 289 g/mol. The molecule has 0 bridgehead atoms. The van der Waals surface area contributed by atoms with Crippen molar-refractivity contribution < 1.29 is 0 Å². The maximum absolute atomic E-state index is 5.78. The lowest BCUT2D eigenvalue weighted by Crippen LogP contribution is -2.49. The number of hydrogen-bond acceptors (Lipinski definition) is 3. The summed E-state index contributed by atoms with van der Waals surface area (Å²) in [4.78, 5) is 5.21. The second-order valence-electron chi connectivity index (χ2n) is 6.48. The van der Waals surface area contributed by atoms with E-state index in [0.29, 0.717) is 12.1 Å². The van der Waals surface area contributed by atoms with E-state index in [9.17, 15) is 0 Å². The van der Waals surface area contributed by atoms with E-state index in [-0.39, 0.29) is 0 Å². The van der Waals surface area contributed by atoms with E-state index in [2.05, 4.69) is 54.0 Å². The van der Waals surface area contributed by atoms with Crippen LogP contribution in [0.2, 0.25) is 0 Å². The molecule has 0 saturated carbocycles. The molecule has 0 unspecified atom stereocenters. The van der Waals surface area contributed by atoms with Crippen LogP contribution in [-0.2, 0) is 6.54 Å². The van der Waals surface area contributed by atoms with Gasteiger partial charge in [0.05, 0.1) is 0 Å². The molecule has 0 aliphatic carbocycles. The minimum absolute atomic E-state index is 0.576. The zero-order chi connectivity index (χ0) is 15.1. The molecule has 3 nitrogen and oxygen atoms in total. The zero-order valence-electron chi connectivity index (χ0n) is 13.7. The quantitative estimate of drug-likeness (QED) is 0.837. The highest BCUT2D eigenvalue weighted by molar-refractivity contribution is 5.14. The van der Waals surface area contributed by atoms with Gasteiger partial charge < -0.3 is 5.73 Å². The fourth-order valence-corrected chi connectivity index (χ4v) is 3.27. The molecule has 1 aromatic carbocycles. The highest BCUT2D eigenvalue weighted by Crippen LogP contribution is 2.19. The van der Waals surface area contributed by atoms with E-state index in [1.807, 2.05) is 0 Å². The molecule has 3 heteroatoms. The summed E-state index contributed by atoms with van der Waals surface area (Å²) >= 11 is 0. The summed E-state index contributed by atoms with van der Waals surface area (Å²) in [5.41, 5.74) is 7.19. The molecule has 21 heavy (non-hydrogen) atoms. The highest BCUT2D eigenvalue weighted by Gasteiger charge is 2.24. The molecule has 1 aliphatic rings. The Morgan fingerprint density at radius 1 is 1.24 bits per heavy atom. The molecule has 0 radical (unpaired) electrons. The molecule has 0 amide bonds. The molecule has 1 aliphatic heterocycles. The van der Waals surface area contributed by atoms with Gasteiger partial charge in [0.2, 0.25) is 0 Å². The maximum Gasteiger partial charge on any atom is 0.0237 e. The van der Waals surface area contributed by atoms with Crippen molar-refractivity contribution in [2.24, 2.45) is 5.73 Å². The van der Waals surface area contributed by atoms with Gasteiger partial charge >= 0.3 is 0 Å². The molecule has 1 aromatic rings. The summed E-state index contributed by atoms with van der Waals surface area (Å²) in [6.07, 6.45) is 4.01. The fraction of sp³-hybridized carbons (Fsp3) is 0.667. The van der Waals surface area contributed by atoms with Crippen LogP contribution in [0.15, 0.2) is 30.3 Å². The van der Waals surface area contributed by atoms with Crippen LogP contribution in [0.5, 0.6) is 0 Å². The minimum Gasteiger partial charge on any atom is -0.329 e. The SMILES string of the molecule is CC(C)N(Cc1ccccc1)C[C@@H]1CCCCN1CCN. The summed E-state index contributed by atoms with van der Waals surface area (Å²) in [5.74, 6) is 0. The molecule has 2 N–H and O–H groups in total. The topological polar surface area (TPSA) is 32.5 Å². The Morgan fingerprint density at radius 3 is 2.67 bits per heavy atom. The molecule has 1 saturated heterocycles. The number of hydrogen-bond donors (Lipinski definition) is 1. The summed E-state index contributed by atoms with van der Waals surface area (Å²) < 4.78 is 0. The Morgan fingerprint density at radius 2 is 2.00 bits per heavy atom. The maximum atomic E-state index is 5.78. The van der Waals surface area contributed by atoms with Gasteiger partial charge in [-0.2, -0.15) is 0 Å². The third-order valence-electron chi connectivity index (χ3n) is 4.57. The van der Waals surface area contributed by atoms with Gasteiger partial charge in [0.15, 0.2) is 0 Å². The van der Waals surface area contributed by atoms with Crippen molar-refractivity contribution in [3.63, 3.8) is 0 Å². The highest BCUT2D eigenvalue weighted by atomic mass is 15.2. The number of nitrogens with two attached hydrogens (primary N) is 1. The van der Waals surface area contributed by atoms with E-state index >= 15 is 0 Å². The average Bonchev–Trinajstić information content (AvgIpc) is 2.49. The Balaban J connectivity index is 1.97.